The molecule has 0 bridgehead atoms. The number of methoxy groups -OCH3 is 1. The van der Waals surface area contributed by atoms with Gasteiger partial charge in [-0.3, -0.25) is 9.36 Å². The zero-order valence-corrected chi connectivity index (χ0v) is 20.6. The highest BCUT2D eigenvalue weighted by Crippen LogP contribution is 2.35. The number of thioether (sulfide) groups is 1. The second-order valence-electron chi connectivity index (χ2n) is 8.85. The molecule has 7 nitrogen and oxygen atoms in total. The molecule has 1 aliphatic heterocycles. The number of aromatic nitrogens is 4. The Kier molecular flexibility index (Phi) is 6.32. The highest BCUT2D eigenvalue weighted by atomic mass is 32.2. The molecule has 0 radical (unpaired) electrons. The molecule has 1 amide bonds. The molecular formula is C26H29N5O2S. The monoisotopic (exact) mass is 475 g/mol. The molecule has 2 aromatic carbocycles. The fourth-order valence-electron chi connectivity index (χ4n) is 4.62. The SMILES string of the molecule is COc1ccc2[nH]cc(C3CCN(C(=O)CSc4nncn4-c4ccc(C)c(C)c4)CC3)c2c1. The minimum Gasteiger partial charge on any atom is -0.497 e. The molecule has 5 rings (SSSR count). The summed E-state index contributed by atoms with van der Waals surface area (Å²) < 4.78 is 7.35. The van der Waals surface area contributed by atoms with E-state index in [1.807, 2.05) is 15.5 Å². The number of fused-ring (bicyclic) bond motifs is 1. The Balaban J connectivity index is 1.20. The topological polar surface area (TPSA) is 76.0 Å². The first-order valence-corrected chi connectivity index (χ1v) is 12.6. The minimum atomic E-state index is 0.152. The highest BCUT2D eigenvalue weighted by Gasteiger charge is 2.26. The van der Waals surface area contributed by atoms with E-state index in [1.165, 1.54) is 33.8 Å². The number of likely N-dealkylation sites (tertiary alicyclic amines) is 1. The fourth-order valence-corrected chi connectivity index (χ4v) is 5.45. The van der Waals surface area contributed by atoms with Crippen molar-refractivity contribution in [3.05, 3.63) is 65.6 Å². The van der Waals surface area contributed by atoms with Crippen molar-refractivity contribution < 1.29 is 9.53 Å². The maximum absolute atomic E-state index is 13.0. The van der Waals surface area contributed by atoms with Gasteiger partial charge >= 0.3 is 0 Å². The van der Waals surface area contributed by atoms with Crippen molar-refractivity contribution in [3.63, 3.8) is 0 Å². The van der Waals surface area contributed by atoms with Crippen LogP contribution in [0.4, 0.5) is 0 Å². The first-order valence-electron chi connectivity index (χ1n) is 11.6. The lowest BCUT2D eigenvalue weighted by molar-refractivity contribution is -0.129. The second kappa shape index (κ2) is 9.54. The summed E-state index contributed by atoms with van der Waals surface area (Å²) in [5, 5.41) is 10.3. The Morgan fingerprint density at radius 1 is 1.15 bits per heavy atom. The zero-order valence-electron chi connectivity index (χ0n) is 19.7. The molecule has 0 spiro atoms. The van der Waals surface area contributed by atoms with Gasteiger partial charge in [0.05, 0.1) is 12.9 Å². The van der Waals surface area contributed by atoms with Gasteiger partial charge in [0.1, 0.15) is 12.1 Å². The third-order valence-electron chi connectivity index (χ3n) is 6.82. The van der Waals surface area contributed by atoms with Crippen LogP contribution in [0.25, 0.3) is 16.6 Å². The predicted octanol–water partition coefficient (Wildman–Crippen LogP) is 4.87. The van der Waals surface area contributed by atoms with Crippen LogP contribution in [0.5, 0.6) is 5.75 Å². The van der Waals surface area contributed by atoms with Crippen molar-refractivity contribution >= 4 is 28.6 Å². The van der Waals surface area contributed by atoms with Gasteiger partial charge in [0.25, 0.3) is 0 Å². The van der Waals surface area contributed by atoms with Gasteiger partial charge in [0, 0.05) is 35.9 Å². The van der Waals surface area contributed by atoms with Crippen LogP contribution in [-0.4, -0.2) is 56.5 Å². The van der Waals surface area contributed by atoms with E-state index >= 15 is 0 Å². The van der Waals surface area contributed by atoms with E-state index in [2.05, 4.69) is 65.6 Å². The number of carbonyl (C=O) groups is 1. The van der Waals surface area contributed by atoms with E-state index in [0.717, 1.165) is 48.0 Å². The number of amides is 1. The number of nitrogens with one attached hydrogen (secondary N) is 1. The fraction of sp³-hybridized carbons (Fsp3) is 0.346. The van der Waals surface area contributed by atoms with Gasteiger partial charge in [-0.05, 0) is 79.6 Å². The van der Waals surface area contributed by atoms with Crippen LogP contribution in [0.3, 0.4) is 0 Å². The van der Waals surface area contributed by atoms with Crippen molar-refractivity contribution in [1.29, 1.82) is 0 Å². The number of piperidine rings is 1. The van der Waals surface area contributed by atoms with Gasteiger partial charge in [-0.2, -0.15) is 0 Å². The first-order chi connectivity index (χ1) is 16.5. The van der Waals surface area contributed by atoms with E-state index < -0.39 is 0 Å². The van der Waals surface area contributed by atoms with Gasteiger partial charge in [-0.15, -0.1) is 10.2 Å². The molecule has 1 saturated heterocycles. The Hall–Kier alpha value is -3.26. The molecule has 1 N–H and O–H groups in total. The standard InChI is InChI=1S/C26H29N5O2S/c1-17-4-5-20(12-18(17)2)31-16-28-29-26(31)34-15-25(32)30-10-8-19(9-11-30)23-14-27-24-7-6-21(33-3)13-22(23)24/h4-7,12-14,16,19,27H,8-11,15H2,1-3H3. The zero-order chi connectivity index (χ0) is 23.7. The number of hydrogen-bond acceptors (Lipinski definition) is 5. The third-order valence-corrected chi connectivity index (χ3v) is 7.75. The maximum Gasteiger partial charge on any atom is 0.233 e. The molecule has 0 aliphatic carbocycles. The lowest BCUT2D eigenvalue weighted by atomic mass is 9.89. The average molecular weight is 476 g/mol. The van der Waals surface area contributed by atoms with Gasteiger partial charge < -0.3 is 14.6 Å². The molecule has 4 aromatic rings. The van der Waals surface area contributed by atoms with Crippen molar-refractivity contribution in [2.24, 2.45) is 0 Å². The Bertz CT molecular complexity index is 1320. The van der Waals surface area contributed by atoms with Crippen LogP contribution in [0.2, 0.25) is 0 Å². The molecule has 2 aromatic heterocycles. The normalized spacial score (nSPS) is 14.6. The molecule has 34 heavy (non-hydrogen) atoms. The van der Waals surface area contributed by atoms with E-state index in [0.29, 0.717) is 11.7 Å². The number of H-pyrrole nitrogens is 1. The van der Waals surface area contributed by atoms with Crippen molar-refractivity contribution in [2.45, 2.75) is 37.8 Å². The van der Waals surface area contributed by atoms with Crippen molar-refractivity contribution in [3.8, 4) is 11.4 Å². The molecular weight excluding hydrogens is 446 g/mol. The number of benzene rings is 2. The van der Waals surface area contributed by atoms with Crippen LogP contribution >= 0.6 is 11.8 Å². The summed E-state index contributed by atoms with van der Waals surface area (Å²) in [6, 6.07) is 12.4. The number of nitrogens with zero attached hydrogens (tertiary/aromatic N) is 4. The highest BCUT2D eigenvalue weighted by molar-refractivity contribution is 7.99. The smallest absolute Gasteiger partial charge is 0.233 e. The van der Waals surface area contributed by atoms with E-state index in [4.69, 9.17) is 4.74 Å². The Morgan fingerprint density at radius 2 is 1.97 bits per heavy atom. The summed E-state index contributed by atoms with van der Waals surface area (Å²) in [6.07, 6.45) is 5.74. The molecule has 176 valence electrons. The molecule has 0 atom stereocenters. The quantitative estimate of drug-likeness (QED) is 0.403. The summed E-state index contributed by atoms with van der Waals surface area (Å²) in [4.78, 5) is 18.3. The van der Waals surface area contributed by atoms with Gasteiger partial charge in [0.15, 0.2) is 5.16 Å². The largest absolute Gasteiger partial charge is 0.497 e. The molecule has 1 aliphatic rings. The van der Waals surface area contributed by atoms with Crippen LogP contribution in [-0.2, 0) is 4.79 Å². The van der Waals surface area contributed by atoms with Crippen molar-refractivity contribution in [1.82, 2.24) is 24.6 Å². The van der Waals surface area contributed by atoms with Crippen LogP contribution in [0.1, 0.15) is 35.4 Å². The molecule has 0 saturated carbocycles. The minimum absolute atomic E-state index is 0.152. The third kappa shape index (κ3) is 4.42. The molecule has 0 unspecified atom stereocenters. The van der Waals surface area contributed by atoms with E-state index in [1.54, 1.807) is 13.4 Å². The van der Waals surface area contributed by atoms with Crippen molar-refractivity contribution in [2.75, 3.05) is 26.0 Å². The van der Waals surface area contributed by atoms with Crippen LogP contribution in [0.15, 0.2) is 54.1 Å². The Morgan fingerprint density at radius 3 is 2.74 bits per heavy atom. The number of rotatable bonds is 6. The number of ether oxygens (including phenoxy) is 1. The number of carbonyl (C=O) groups excluding carboxylic acids is 1. The number of hydrogen-bond donors (Lipinski definition) is 1. The summed E-state index contributed by atoms with van der Waals surface area (Å²) in [5.41, 5.74) is 5.92. The molecule has 3 heterocycles. The van der Waals surface area contributed by atoms with Gasteiger partial charge in [-0.1, -0.05) is 17.8 Å². The molecule has 8 heteroatoms. The van der Waals surface area contributed by atoms with Crippen LogP contribution < -0.4 is 4.74 Å². The summed E-state index contributed by atoms with van der Waals surface area (Å²) in [6.45, 7) is 5.73. The molecule has 1 fully saturated rings. The van der Waals surface area contributed by atoms with Gasteiger partial charge in [-0.25, -0.2) is 0 Å². The Labute approximate surface area is 203 Å². The average Bonchev–Trinajstić information content (AvgIpc) is 3.51. The summed E-state index contributed by atoms with van der Waals surface area (Å²) in [7, 11) is 1.69. The second-order valence-corrected chi connectivity index (χ2v) is 9.79. The van der Waals surface area contributed by atoms with E-state index in [9.17, 15) is 4.79 Å². The first kappa shape index (κ1) is 22.5. The number of aryl methyl sites for hydroxylation is 2. The summed E-state index contributed by atoms with van der Waals surface area (Å²) >= 11 is 1.44. The predicted molar refractivity (Wildman–Crippen MR) is 135 cm³/mol. The lowest BCUT2D eigenvalue weighted by Gasteiger charge is -2.32. The van der Waals surface area contributed by atoms with E-state index in [-0.39, 0.29) is 5.91 Å². The maximum atomic E-state index is 13.0. The van der Waals surface area contributed by atoms with Crippen LogP contribution in [0, 0.1) is 13.8 Å². The van der Waals surface area contributed by atoms with Gasteiger partial charge in [0.2, 0.25) is 5.91 Å². The number of aromatic amines is 1. The lowest BCUT2D eigenvalue weighted by Crippen LogP contribution is -2.38. The summed E-state index contributed by atoms with van der Waals surface area (Å²) in [5.74, 6) is 1.81.